The highest BCUT2D eigenvalue weighted by Crippen LogP contribution is 2.44. The Hall–Kier alpha value is -3.81. The lowest BCUT2D eigenvalue weighted by atomic mass is 9.82. The molecule has 2 aliphatic rings. The van der Waals surface area contributed by atoms with Gasteiger partial charge in [0.2, 0.25) is 0 Å². The van der Waals surface area contributed by atoms with Crippen molar-refractivity contribution in [2.75, 3.05) is 13.2 Å². The molecule has 36 heavy (non-hydrogen) atoms. The van der Waals surface area contributed by atoms with Gasteiger partial charge in [-0.15, -0.1) is 0 Å². The maximum Gasteiger partial charge on any atom is 0.407 e. The molecule has 1 unspecified atom stereocenters. The number of carbonyl (C=O) groups excluding carboxylic acids is 2. The van der Waals surface area contributed by atoms with E-state index in [1.54, 1.807) is 0 Å². The van der Waals surface area contributed by atoms with Gasteiger partial charge in [0.1, 0.15) is 19.3 Å². The third-order valence-corrected chi connectivity index (χ3v) is 7.00. The Bertz CT molecular complexity index is 1060. The van der Waals surface area contributed by atoms with Crippen molar-refractivity contribution in [3.63, 3.8) is 0 Å². The van der Waals surface area contributed by atoms with Crippen LogP contribution in [0.2, 0.25) is 0 Å². The lowest BCUT2D eigenvalue weighted by Gasteiger charge is -2.30. The van der Waals surface area contributed by atoms with Gasteiger partial charge in [0.25, 0.3) is 0 Å². The highest BCUT2D eigenvalue weighted by atomic mass is 16.6. The molecule has 8 nitrogen and oxygen atoms in total. The zero-order chi connectivity index (χ0) is 25.5. The van der Waals surface area contributed by atoms with Crippen LogP contribution in [0, 0.1) is 5.92 Å². The predicted octanol–water partition coefficient (Wildman–Crippen LogP) is 4.84. The average molecular weight is 493 g/mol. The molecule has 0 radical (unpaired) electrons. The number of carbonyl (C=O) groups is 3. The molecule has 0 aromatic heterocycles. The highest BCUT2D eigenvalue weighted by molar-refractivity contribution is 5.81. The van der Waals surface area contributed by atoms with E-state index >= 15 is 0 Å². The molecular formula is C28H32N2O6. The fraction of sp³-hybridized carbons (Fsp3) is 0.393. The van der Waals surface area contributed by atoms with Crippen molar-refractivity contribution < 1.29 is 29.0 Å². The minimum atomic E-state index is -1.09. The standard InChI is InChI=1S/C28H32N2O6/c1-2-15-35-27(33)29-19-13-11-18(12-14-19)16-25(26(31)32)30-28(34)36-17-24-22-9-5-3-7-20(22)21-8-4-6-10-23(21)24/h2-10,18-19,24-25H,1,11-17H2,(H,29,33)(H,30,34)(H,31,32). The molecule has 0 bridgehead atoms. The fourth-order valence-electron chi connectivity index (χ4n) is 5.22. The van der Waals surface area contributed by atoms with Gasteiger partial charge in [0.05, 0.1) is 0 Å². The summed E-state index contributed by atoms with van der Waals surface area (Å²) >= 11 is 0. The van der Waals surface area contributed by atoms with Crippen LogP contribution in [-0.4, -0.2) is 48.6 Å². The first-order chi connectivity index (χ1) is 17.5. The number of fused-ring (bicyclic) bond motifs is 3. The second-order valence-corrected chi connectivity index (χ2v) is 9.35. The Morgan fingerprint density at radius 2 is 1.56 bits per heavy atom. The molecule has 190 valence electrons. The number of nitrogens with one attached hydrogen (secondary N) is 2. The molecule has 8 heteroatoms. The lowest BCUT2D eigenvalue weighted by Crippen LogP contribution is -2.44. The van der Waals surface area contributed by atoms with Gasteiger partial charge >= 0.3 is 18.2 Å². The summed E-state index contributed by atoms with van der Waals surface area (Å²) in [6.45, 7) is 3.79. The zero-order valence-electron chi connectivity index (χ0n) is 20.2. The number of ether oxygens (including phenoxy) is 2. The van der Waals surface area contributed by atoms with Crippen LogP contribution in [0.25, 0.3) is 11.1 Å². The Kier molecular flexibility index (Phi) is 8.25. The fourth-order valence-corrected chi connectivity index (χ4v) is 5.22. The van der Waals surface area contributed by atoms with E-state index < -0.39 is 24.2 Å². The summed E-state index contributed by atoms with van der Waals surface area (Å²) in [7, 11) is 0. The smallest absolute Gasteiger partial charge is 0.407 e. The Labute approximate surface area is 210 Å². The van der Waals surface area contributed by atoms with Crippen LogP contribution in [0.15, 0.2) is 61.2 Å². The minimum absolute atomic E-state index is 0.00284. The van der Waals surface area contributed by atoms with Gasteiger partial charge in [-0.25, -0.2) is 14.4 Å². The average Bonchev–Trinajstić information content (AvgIpc) is 3.20. The first kappa shape index (κ1) is 25.3. The number of alkyl carbamates (subject to hydrolysis) is 2. The van der Waals surface area contributed by atoms with E-state index in [-0.39, 0.29) is 31.1 Å². The molecule has 3 N–H and O–H groups in total. The van der Waals surface area contributed by atoms with Crippen LogP contribution in [0.4, 0.5) is 9.59 Å². The topological polar surface area (TPSA) is 114 Å². The maximum atomic E-state index is 12.6. The van der Waals surface area contributed by atoms with Crippen molar-refractivity contribution >= 4 is 18.2 Å². The van der Waals surface area contributed by atoms with Gasteiger partial charge in [-0.3, -0.25) is 0 Å². The second kappa shape index (κ2) is 11.7. The van der Waals surface area contributed by atoms with Crippen LogP contribution in [0.1, 0.15) is 49.1 Å². The Morgan fingerprint density at radius 3 is 2.14 bits per heavy atom. The molecule has 2 amide bonds. The molecule has 2 aromatic rings. The first-order valence-corrected chi connectivity index (χ1v) is 12.3. The van der Waals surface area contributed by atoms with E-state index in [2.05, 4.69) is 29.3 Å². The quantitative estimate of drug-likeness (QED) is 0.432. The van der Waals surface area contributed by atoms with Gasteiger partial charge < -0.3 is 25.2 Å². The van der Waals surface area contributed by atoms with Crippen molar-refractivity contribution in [3.8, 4) is 11.1 Å². The second-order valence-electron chi connectivity index (χ2n) is 9.35. The summed E-state index contributed by atoms with van der Waals surface area (Å²) in [4.78, 5) is 36.1. The lowest BCUT2D eigenvalue weighted by molar-refractivity contribution is -0.139. The summed E-state index contributed by atoms with van der Waals surface area (Å²) in [6, 6.07) is 15.1. The Morgan fingerprint density at radius 1 is 0.944 bits per heavy atom. The van der Waals surface area contributed by atoms with E-state index in [1.807, 2.05) is 36.4 Å². The molecule has 2 aliphatic carbocycles. The van der Waals surface area contributed by atoms with E-state index in [4.69, 9.17) is 9.47 Å². The molecule has 0 aliphatic heterocycles. The Balaban J connectivity index is 1.27. The molecule has 1 atom stereocenters. The highest BCUT2D eigenvalue weighted by Gasteiger charge is 2.31. The van der Waals surface area contributed by atoms with E-state index in [9.17, 15) is 19.5 Å². The molecule has 0 spiro atoms. The molecule has 1 saturated carbocycles. The van der Waals surface area contributed by atoms with Gasteiger partial charge in [-0.1, -0.05) is 61.2 Å². The number of carboxylic acid groups (broad SMARTS) is 1. The number of benzene rings is 2. The number of hydrogen-bond acceptors (Lipinski definition) is 5. The third kappa shape index (κ3) is 6.05. The SMILES string of the molecule is C=CCOC(=O)NC1CCC(CC(NC(=O)OCC2c3ccccc3-c3ccccc32)C(=O)O)CC1. The largest absolute Gasteiger partial charge is 0.480 e. The van der Waals surface area contributed by atoms with E-state index in [1.165, 1.54) is 6.08 Å². The zero-order valence-corrected chi connectivity index (χ0v) is 20.2. The van der Waals surface area contributed by atoms with Crippen LogP contribution in [0.5, 0.6) is 0 Å². The molecule has 0 heterocycles. The molecule has 1 fully saturated rings. The summed E-state index contributed by atoms with van der Waals surface area (Å²) in [5.74, 6) is -1.05. The van der Waals surface area contributed by atoms with Crippen molar-refractivity contribution in [2.45, 2.75) is 50.1 Å². The summed E-state index contributed by atoms with van der Waals surface area (Å²) in [5.41, 5.74) is 4.45. The van der Waals surface area contributed by atoms with Gasteiger partial charge in [-0.05, 0) is 60.3 Å². The van der Waals surface area contributed by atoms with Gasteiger partial charge in [-0.2, -0.15) is 0 Å². The number of rotatable bonds is 9. The third-order valence-electron chi connectivity index (χ3n) is 7.00. The van der Waals surface area contributed by atoms with Crippen LogP contribution in [0.3, 0.4) is 0 Å². The minimum Gasteiger partial charge on any atom is -0.480 e. The predicted molar refractivity (Wildman–Crippen MR) is 135 cm³/mol. The van der Waals surface area contributed by atoms with E-state index in [0.717, 1.165) is 47.9 Å². The summed E-state index contributed by atoms with van der Waals surface area (Å²) in [6.07, 6.45) is 3.57. The molecule has 2 aromatic carbocycles. The normalized spacial score (nSPS) is 19.3. The number of aliphatic carboxylic acids is 1. The molecular weight excluding hydrogens is 460 g/mol. The van der Waals surface area contributed by atoms with Crippen molar-refractivity contribution in [2.24, 2.45) is 5.92 Å². The maximum absolute atomic E-state index is 12.6. The van der Waals surface area contributed by atoms with Crippen molar-refractivity contribution in [3.05, 3.63) is 72.3 Å². The molecule has 0 saturated heterocycles. The first-order valence-electron chi connectivity index (χ1n) is 12.3. The number of amides is 2. The monoisotopic (exact) mass is 492 g/mol. The summed E-state index contributed by atoms with van der Waals surface area (Å²) in [5, 5.41) is 15.1. The number of carboxylic acids is 1. The summed E-state index contributed by atoms with van der Waals surface area (Å²) < 4.78 is 10.5. The van der Waals surface area contributed by atoms with Crippen LogP contribution < -0.4 is 10.6 Å². The van der Waals surface area contributed by atoms with E-state index in [0.29, 0.717) is 6.42 Å². The van der Waals surface area contributed by atoms with Crippen LogP contribution in [-0.2, 0) is 14.3 Å². The molecule has 4 rings (SSSR count). The van der Waals surface area contributed by atoms with Crippen LogP contribution >= 0.6 is 0 Å². The van der Waals surface area contributed by atoms with Gasteiger partial charge in [0, 0.05) is 12.0 Å². The van der Waals surface area contributed by atoms with Crippen molar-refractivity contribution in [1.82, 2.24) is 10.6 Å². The number of hydrogen-bond donors (Lipinski definition) is 3. The van der Waals surface area contributed by atoms with Crippen molar-refractivity contribution in [1.29, 1.82) is 0 Å². The van der Waals surface area contributed by atoms with Gasteiger partial charge in [0.15, 0.2) is 0 Å².